The Bertz CT molecular complexity index is 807. The quantitative estimate of drug-likeness (QED) is 0.843. The third kappa shape index (κ3) is 4.14. The van der Waals surface area contributed by atoms with Gasteiger partial charge in [0, 0.05) is 6.07 Å². The first kappa shape index (κ1) is 16.9. The van der Waals surface area contributed by atoms with Gasteiger partial charge in [-0.15, -0.1) is 0 Å². The van der Waals surface area contributed by atoms with Crippen molar-refractivity contribution in [2.24, 2.45) is 5.73 Å². The summed E-state index contributed by atoms with van der Waals surface area (Å²) in [5.41, 5.74) is 7.94. The van der Waals surface area contributed by atoms with E-state index in [1.165, 1.54) is 6.20 Å². The number of benzene rings is 1. The van der Waals surface area contributed by atoms with E-state index in [-0.39, 0.29) is 5.91 Å². The number of nitrogens with two attached hydrogens (primary N) is 1. The van der Waals surface area contributed by atoms with E-state index >= 15 is 0 Å². The van der Waals surface area contributed by atoms with Gasteiger partial charge in [0.1, 0.15) is 5.75 Å². The summed E-state index contributed by atoms with van der Waals surface area (Å²) in [5, 5.41) is 11.8. The molecule has 6 heteroatoms. The number of pyridine rings is 1. The molecule has 0 aliphatic heterocycles. The lowest BCUT2D eigenvalue weighted by atomic mass is 10.1. The number of nitrogens with zero attached hydrogens (tertiary/aromatic N) is 2. The van der Waals surface area contributed by atoms with Gasteiger partial charge in [0.05, 0.1) is 29.6 Å². The summed E-state index contributed by atoms with van der Waals surface area (Å²) in [4.78, 5) is 16.0. The molecular formula is C19H20N4O2. The first-order valence-corrected chi connectivity index (χ1v) is 8.35. The fraction of sp³-hybridized carbons (Fsp3) is 0.316. The zero-order chi connectivity index (χ0) is 17.8. The Hall–Kier alpha value is -2.91. The number of nitriles is 1. The number of carbonyl (C=O) groups excluding carboxylic acids is 1. The van der Waals surface area contributed by atoms with Gasteiger partial charge >= 0.3 is 0 Å². The summed E-state index contributed by atoms with van der Waals surface area (Å²) in [6, 6.07) is 10.5. The molecule has 0 saturated heterocycles. The largest absolute Gasteiger partial charge is 0.439 e. The Labute approximate surface area is 146 Å². The molecule has 0 spiro atoms. The van der Waals surface area contributed by atoms with Crippen molar-refractivity contribution in [2.75, 3.05) is 5.32 Å². The van der Waals surface area contributed by atoms with Gasteiger partial charge in [-0.1, -0.05) is 6.92 Å². The van der Waals surface area contributed by atoms with Crippen LogP contribution in [0.1, 0.15) is 43.2 Å². The predicted molar refractivity (Wildman–Crippen MR) is 94.3 cm³/mol. The monoisotopic (exact) mass is 336 g/mol. The summed E-state index contributed by atoms with van der Waals surface area (Å²) in [5.74, 6) is 1.38. The Morgan fingerprint density at radius 3 is 2.84 bits per heavy atom. The SMILES string of the molecule is CC[C@@H](N)C(=O)Nc1ccc(Oc2ccc(C#N)cc2C2CC2)nc1. The van der Waals surface area contributed by atoms with Crippen LogP contribution in [0.4, 0.5) is 5.69 Å². The number of hydrogen-bond donors (Lipinski definition) is 2. The molecule has 1 aromatic carbocycles. The molecule has 1 atom stereocenters. The number of amides is 1. The fourth-order valence-electron chi connectivity index (χ4n) is 2.47. The van der Waals surface area contributed by atoms with E-state index in [1.807, 2.05) is 19.1 Å². The predicted octanol–water partition coefficient (Wildman–Crippen LogP) is 3.30. The minimum absolute atomic E-state index is 0.235. The Balaban J connectivity index is 1.72. The third-order valence-electron chi connectivity index (χ3n) is 4.15. The van der Waals surface area contributed by atoms with Crippen molar-refractivity contribution in [2.45, 2.75) is 38.1 Å². The van der Waals surface area contributed by atoms with E-state index in [9.17, 15) is 4.79 Å². The third-order valence-corrected chi connectivity index (χ3v) is 4.15. The average molecular weight is 336 g/mol. The van der Waals surface area contributed by atoms with E-state index < -0.39 is 6.04 Å². The maximum atomic E-state index is 11.8. The first-order valence-electron chi connectivity index (χ1n) is 8.35. The topological polar surface area (TPSA) is 101 Å². The highest BCUT2D eigenvalue weighted by Gasteiger charge is 2.27. The highest BCUT2D eigenvalue weighted by atomic mass is 16.5. The maximum absolute atomic E-state index is 11.8. The molecular weight excluding hydrogens is 316 g/mol. The number of anilines is 1. The molecule has 2 aromatic rings. The van der Waals surface area contributed by atoms with Crippen molar-refractivity contribution in [1.82, 2.24) is 4.98 Å². The smallest absolute Gasteiger partial charge is 0.241 e. The molecule has 1 saturated carbocycles. The molecule has 1 amide bonds. The molecule has 3 rings (SSSR count). The number of rotatable bonds is 6. The van der Waals surface area contributed by atoms with Crippen LogP contribution in [-0.2, 0) is 4.79 Å². The van der Waals surface area contributed by atoms with Crippen LogP contribution in [0.25, 0.3) is 0 Å². The van der Waals surface area contributed by atoms with Gasteiger partial charge in [-0.2, -0.15) is 5.26 Å². The normalized spacial score (nSPS) is 14.4. The van der Waals surface area contributed by atoms with Gasteiger partial charge in [0.15, 0.2) is 0 Å². The second-order valence-corrected chi connectivity index (χ2v) is 6.13. The molecule has 1 aliphatic carbocycles. The van der Waals surface area contributed by atoms with Crippen molar-refractivity contribution < 1.29 is 9.53 Å². The molecule has 0 radical (unpaired) electrons. The summed E-state index contributed by atoms with van der Waals surface area (Å²) < 4.78 is 5.88. The summed E-state index contributed by atoms with van der Waals surface area (Å²) in [7, 11) is 0. The van der Waals surface area contributed by atoms with Gasteiger partial charge < -0.3 is 15.8 Å². The lowest BCUT2D eigenvalue weighted by Gasteiger charge is -2.12. The zero-order valence-corrected chi connectivity index (χ0v) is 14.0. The maximum Gasteiger partial charge on any atom is 0.241 e. The fourth-order valence-corrected chi connectivity index (χ4v) is 2.47. The molecule has 128 valence electrons. The highest BCUT2D eigenvalue weighted by Crippen LogP contribution is 2.45. The van der Waals surface area contributed by atoms with E-state index in [1.54, 1.807) is 18.2 Å². The van der Waals surface area contributed by atoms with Gasteiger partial charge in [-0.05, 0) is 55.0 Å². The lowest BCUT2D eigenvalue weighted by molar-refractivity contribution is -0.117. The lowest BCUT2D eigenvalue weighted by Crippen LogP contribution is -2.34. The first-order chi connectivity index (χ1) is 12.1. The van der Waals surface area contributed by atoms with Crippen LogP contribution in [0, 0.1) is 11.3 Å². The minimum atomic E-state index is -0.532. The number of ether oxygens (including phenoxy) is 1. The Kier molecular flexibility index (Phi) is 4.96. The molecule has 25 heavy (non-hydrogen) atoms. The summed E-state index contributed by atoms with van der Waals surface area (Å²) in [6.07, 6.45) is 4.34. The second kappa shape index (κ2) is 7.32. The number of nitrogens with one attached hydrogen (secondary N) is 1. The van der Waals surface area contributed by atoms with Crippen molar-refractivity contribution in [3.63, 3.8) is 0 Å². The van der Waals surface area contributed by atoms with Gasteiger partial charge in [-0.25, -0.2) is 4.98 Å². The summed E-state index contributed by atoms with van der Waals surface area (Å²) in [6.45, 7) is 1.86. The summed E-state index contributed by atoms with van der Waals surface area (Å²) >= 11 is 0. The zero-order valence-electron chi connectivity index (χ0n) is 14.0. The molecule has 1 aliphatic rings. The van der Waals surface area contributed by atoms with E-state index in [0.29, 0.717) is 29.5 Å². The van der Waals surface area contributed by atoms with Crippen LogP contribution in [0.5, 0.6) is 11.6 Å². The molecule has 3 N–H and O–H groups in total. The van der Waals surface area contributed by atoms with Crippen LogP contribution in [0.2, 0.25) is 0 Å². The highest BCUT2D eigenvalue weighted by molar-refractivity contribution is 5.94. The van der Waals surface area contributed by atoms with Crippen LogP contribution in [0.15, 0.2) is 36.5 Å². The number of hydrogen-bond acceptors (Lipinski definition) is 5. The van der Waals surface area contributed by atoms with E-state index in [2.05, 4.69) is 16.4 Å². The second-order valence-electron chi connectivity index (χ2n) is 6.13. The minimum Gasteiger partial charge on any atom is -0.439 e. The molecule has 0 unspecified atom stereocenters. The molecule has 1 aromatic heterocycles. The van der Waals surface area contributed by atoms with Crippen LogP contribution >= 0.6 is 0 Å². The van der Waals surface area contributed by atoms with Crippen LogP contribution in [0.3, 0.4) is 0 Å². The molecule has 0 bridgehead atoms. The van der Waals surface area contributed by atoms with E-state index in [0.717, 1.165) is 24.2 Å². The number of aromatic nitrogens is 1. The van der Waals surface area contributed by atoms with Gasteiger partial charge in [0.2, 0.25) is 11.8 Å². The van der Waals surface area contributed by atoms with Crippen molar-refractivity contribution >= 4 is 11.6 Å². The Morgan fingerprint density at radius 1 is 1.44 bits per heavy atom. The average Bonchev–Trinajstić information content (AvgIpc) is 3.48. The van der Waals surface area contributed by atoms with Crippen LogP contribution in [-0.4, -0.2) is 16.9 Å². The number of carbonyl (C=O) groups is 1. The van der Waals surface area contributed by atoms with Gasteiger partial charge in [-0.3, -0.25) is 4.79 Å². The molecule has 6 nitrogen and oxygen atoms in total. The van der Waals surface area contributed by atoms with Crippen LogP contribution < -0.4 is 15.8 Å². The van der Waals surface area contributed by atoms with Gasteiger partial charge in [0.25, 0.3) is 0 Å². The molecule has 1 fully saturated rings. The molecule has 1 heterocycles. The van der Waals surface area contributed by atoms with Crippen molar-refractivity contribution in [3.05, 3.63) is 47.7 Å². The van der Waals surface area contributed by atoms with E-state index in [4.69, 9.17) is 15.7 Å². The Morgan fingerprint density at radius 2 is 2.24 bits per heavy atom. The van der Waals surface area contributed by atoms with Crippen molar-refractivity contribution in [1.29, 1.82) is 5.26 Å². The van der Waals surface area contributed by atoms with Crippen molar-refractivity contribution in [3.8, 4) is 17.7 Å². The standard InChI is InChI=1S/C19H20N4O2/c1-2-16(21)19(24)23-14-6-8-18(22-11-14)25-17-7-3-12(10-20)9-15(17)13-4-5-13/h3,6-9,11,13,16H,2,4-5,21H2,1H3,(H,23,24)/t16-/m1/s1.